The number of hydrogen-bond acceptors (Lipinski definition) is 2. The molecular weight excluding hydrogens is 571 g/mol. The van der Waals surface area contributed by atoms with Crippen LogP contribution in [0, 0.1) is 0 Å². The molecule has 5 aromatic rings. The molecule has 0 bridgehead atoms. The highest BCUT2D eigenvalue weighted by molar-refractivity contribution is 7.85. The Balaban J connectivity index is 0.000000255. The maximum absolute atomic E-state index is 12.2. The van der Waals surface area contributed by atoms with Crippen LogP contribution in [0.4, 0.5) is 13.2 Å². The van der Waals surface area contributed by atoms with Gasteiger partial charge in [-0.15, -0.1) is 0 Å². The molecule has 5 rings (SSSR count). The minimum absolute atomic E-state index is 0.157. The van der Waals surface area contributed by atoms with E-state index in [2.05, 4.69) is 119 Å². The van der Waals surface area contributed by atoms with Crippen LogP contribution >= 0.6 is 0 Å². The van der Waals surface area contributed by atoms with Crippen molar-refractivity contribution in [1.29, 1.82) is 0 Å². The molecule has 2 N–H and O–H groups in total. The maximum atomic E-state index is 12.2. The van der Waals surface area contributed by atoms with E-state index < -0.39 is 26.8 Å². The van der Waals surface area contributed by atoms with Gasteiger partial charge in [-0.05, 0) is 51.3 Å². The highest BCUT2D eigenvalue weighted by atomic mass is 32.2. The van der Waals surface area contributed by atoms with Crippen LogP contribution < -0.4 is 0 Å². The molecule has 0 atom stereocenters. The third-order valence-corrected chi connectivity index (χ3v) is 8.17. The van der Waals surface area contributed by atoms with Gasteiger partial charge < -0.3 is 4.98 Å². The monoisotopic (exact) mass is 607 g/mol. The Morgan fingerprint density at radius 1 is 0.628 bits per heavy atom. The smallest absolute Gasteiger partial charge is 0.354 e. The first-order valence-electron chi connectivity index (χ1n) is 13.8. The number of para-hydroxylation sites is 1. The van der Waals surface area contributed by atoms with E-state index in [4.69, 9.17) is 4.55 Å². The van der Waals surface area contributed by atoms with Gasteiger partial charge in [0.1, 0.15) is 4.90 Å². The van der Waals surface area contributed by atoms with Gasteiger partial charge in [-0.25, -0.2) is 0 Å². The standard InChI is InChI=1S/C28H31N.C7H5F3O3S/c1-27(2,3)21-15-11-19(12-16-21)25-23-9-7-8-10-24(23)29-26(25)20-13-17-22(18-14-20)28(4,5)6;8-7(9,10)5-3-1-2-4-6(5)14(11,12)13/h7-18,29H,1-6H3;1-4H,(H,11,12,13). The summed E-state index contributed by atoms with van der Waals surface area (Å²) in [5, 5.41) is 1.27. The predicted molar refractivity (Wildman–Crippen MR) is 168 cm³/mol. The number of alkyl halides is 3. The predicted octanol–water partition coefficient (Wildman–Crippen LogP) is 10.0. The molecule has 0 spiro atoms. The Morgan fingerprint density at radius 2 is 1.09 bits per heavy atom. The highest BCUT2D eigenvalue weighted by Gasteiger charge is 2.36. The molecule has 0 saturated heterocycles. The zero-order valence-electron chi connectivity index (χ0n) is 25.0. The number of benzene rings is 4. The summed E-state index contributed by atoms with van der Waals surface area (Å²) in [6.07, 6.45) is -4.80. The number of halogens is 3. The van der Waals surface area contributed by atoms with Crippen LogP contribution in [0.5, 0.6) is 0 Å². The fourth-order valence-electron chi connectivity index (χ4n) is 4.86. The van der Waals surface area contributed by atoms with Crippen molar-refractivity contribution in [2.75, 3.05) is 0 Å². The molecule has 1 heterocycles. The van der Waals surface area contributed by atoms with Crippen molar-refractivity contribution in [2.24, 2.45) is 0 Å². The minimum Gasteiger partial charge on any atom is -0.354 e. The van der Waals surface area contributed by atoms with Crippen LogP contribution in [0.2, 0.25) is 0 Å². The third kappa shape index (κ3) is 7.37. The van der Waals surface area contributed by atoms with Gasteiger partial charge in [-0.1, -0.05) is 120 Å². The lowest BCUT2D eigenvalue weighted by molar-refractivity contribution is -0.140. The molecule has 0 aliphatic heterocycles. The molecule has 0 aliphatic rings. The second-order valence-electron chi connectivity index (χ2n) is 12.5. The van der Waals surface area contributed by atoms with Gasteiger partial charge in [0.25, 0.3) is 10.1 Å². The molecule has 0 saturated carbocycles. The second-order valence-corrected chi connectivity index (χ2v) is 13.9. The molecule has 0 radical (unpaired) electrons. The van der Waals surface area contributed by atoms with Crippen molar-refractivity contribution in [3.05, 3.63) is 114 Å². The minimum atomic E-state index is -4.84. The van der Waals surface area contributed by atoms with Crippen LogP contribution in [-0.4, -0.2) is 18.0 Å². The molecule has 0 aliphatic carbocycles. The Labute approximate surface area is 251 Å². The number of aromatic nitrogens is 1. The van der Waals surface area contributed by atoms with Crippen molar-refractivity contribution in [1.82, 2.24) is 4.98 Å². The molecular formula is C35H36F3NO3S. The topological polar surface area (TPSA) is 70.2 Å². The van der Waals surface area contributed by atoms with Crippen LogP contribution in [0.15, 0.2) is 102 Å². The Kier molecular flexibility index (Phi) is 8.69. The number of fused-ring (bicyclic) bond motifs is 1. The molecule has 1 aromatic heterocycles. The van der Waals surface area contributed by atoms with Gasteiger partial charge in [0.15, 0.2) is 0 Å². The summed E-state index contributed by atoms with van der Waals surface area (Å²) in [7, 11) is -4.84. The summed E-state index contributed by atoms with van der Waals surface area (Å²) in [6.45, 7) is 13.6. The zero-order valence-corrected chi connectivity index (χ0v) is 25.9. The summed E-state index contributed by atoms with van der Waals surface area (Å²) < 4.78 is 66.2. The van der Waals surface area contributed by atoms with Gasteiger partial charge in [0.2, 0.25) is 0 Å². The van der Waals surface area contributed by atoms with Crippen LogP contribution in [-0.2, 0) is 27.1 Å². The van der Waals surface area contributed by atoms with E-state index in [1.54, 1.807) is 0 Å². The van der Waals surface area contributed by atoms with Crippen LogP contribution in [0.25, 0.3) is 33.3 Å². The number of aromatic amines is 1. The number of H-pyrrole nitrogens is 1. The molecule has 8 heteroatoms. The van der Waals surface area contributed by atoms with Crippen LogP contribution in [0.3, 0.4) is 0 Å². The second kappa shape index (κ2) is 11.7. The van der Waals surface area contributed by atoms with Crippen LogP contribution in [0.1, 0.15) is 58.2 Å². The molecule has 4 nitrogen and oxygen atoms in total. The Hall–Kier alpha value is -3.88. The fraction of sp³-hybridized carbons (Fsp3) is 0.257. The first-order valence-corrected chi connectivity index (χ1v) is 15.3. The van der Waals surface area contributed by atoms with Crippen molar-refractivity contribution in [3.8, 4) is 22.4 Å². The van der Waals surface area contributed by atoms with Crippen molar-refractivity contribution in [3.63, 3.8) is 0 Å². The van der Waals surface area contributed by atoms with Gasteiger partial charge in [0.05, 0.1) is 11.3 Å². The van der Waals surface area contributed by atoms with E-state index in [0.717, 1.165) is 12.1 Å². The summed E-state index contributed by atoms with van der Waals surface area (Å²) in [5.41, 5.74) is 7.79. The number of hydrogen-bond donors (Lipinski definition) is 2. The van der Waals surface area contributed by atoms with Gasteiger partial charge >= 0.3 is 6.18 Å². The lowest BCUT2D eigenvalue weighted by Gasteiger charge is -2.20. The number of rotatable bonds is 3. The summed E-state index contributed by atoms with van der Waals surface area (Å²) >= 11 is 0. The van der Waals surface area contributed by atoms with Gasteiger partial charge in [0, 0.05) is 16.5 Å². The average Bonchev–Trinajstić information content (AvgIpc) is 3.31. The van der Waals surface area contributed by atoms with Crippen molar-refractivity contribution >= 4 is 21.0 Å². The maximum Gasteiger partial charge on any atom is 0.417 e. The van der Waals surface area contributed by atoms with E-state index in [-0.39, 0.29) is 10.8 Å². The summed E-state index contributed by atoms with van der Waals surface area (Å²) in [5.74, 6) is 0. The largest absolute Gasteiger partial charge is 0.417 e. The third-order valence-electron chi connectivity index (χ3n) is 7.26. The normalized spacial score (nSPS) is 12.6. The Bertz CT molecular complexity index is 1820. The van der Waals surface area contributed by atoms with E-state index in [1.807, 2.05) is 0 Å². The lowest BCUT2D eigenvalue weighted by atomic mass is 9.85. The Morgan fingerprint density at radius 3 is 1.56 bits per heavy atom. The molecule has 0 fully saturated rings. The quantitative estimate of drug-likeness (QED) is 0.201. The fourth-order valence-corrected chi connectivity index (χ4v) is 5.57. The van der Waals surface area contributed by atoms with E-state index in [1.165, 1.54) is 44.4 Å². The summed E-state index contributed by atoms with van der Waals surface area (Å²) in [6, 6.07) is 30.1. The van der Waals surface area contributed by atoms with E-state index in [9.17, 15) is 21.6 Å². The first kappa shape index (κ1) is 32.0. The first-order chi connectivity index (χ1) is 19.9. The SMILES string of the molecule is CC(C)(C)c1ccc(-c2[nH]c3ccccc3c2-c2ccc(C(C)(C)C)cc2)cc1.O=S(=O)(O)c1ccccc1C(F)(F)F. The van der Waals surface area contributed by atoms with Gasteiger partial charge in [-0.2, -0.15) is 21.6 Å². The lowest BCUT2D eigenvalue weighted by Crippen LogP contribution is -2.12. The van der Waals surface area contributed by atoms with E-state index in [0.29, 0.717) is 12.1 Å². The van der Waals surface area contributed by atoms with Gasteiger partial charge in [-0.3, -0.25) is 4.55 Å². The molecule has 226 valence electrons. The number of nitrogens with one attached hydrogen (secondary N) is 1. The molecule has 0 amide bonds. The molecule has 43 heavy (non-hydrogen) atoms. The average molecular weight is 608 g/mol. The van der Waals surface area contributed by atoms with Crippen molar-refractivity contribution < 1.29 is 26.1 Å². The molecule has 0 unspecified atom stereocenters. The summed E-state index contributed by atoms with van der Waals surface area (Å²) in [4.78, 5) is 2.55. The zero-order chi connectivity index (χ0) is 31.8. The molecule has 4 aromatic carbocycles. The van der Waals surface area contributed by atoms with Crippen molar-refractivity contribution in [2.45, 2.75) is 63.4 Å². The highest BCUT2D eigenvalue weighted by Crippen LogP contribution is 2.39. The van der Waals surface area contributed by atoms with E-state index >= 15 is 0 Å².